The Balaban J connectivity index is 1.45. The van der Waals surface area contributed by atoms with Crippen LogP contribution < -0.4 is 24.6 Å². The van der Waals surface area contributed by atoms with Crippen molar-refractivity contribution in [3.63, 3.8) is 0 Å². The molecule has 0 bridgehead atoms. The van der Waals surface area contributed by atoms with E-state index in [9.17, 15) is 4.79 Å². The van der Waals surface area contributed by atoms with Crippen molar-refractivity contribution in [3.8, 4) is 11.5 Å². The predicted molar refractivity (Wildman–Crippen MR) is 127 cm³/mol. The molecule has 0 spiro atoms. The molecule has 33 heavy (non-hydrogen) atoms. The van der Waals surface area contributed by atoms with Crippen LogP contribution in [0.5, 0.6) is 11.5 Å². The standard InChI is InChI=1S/C26H29N3O4/c1-31-19-10-9-18-14-21(26(30)27-16-20-6-5-13-33-20)24-17-28(11-12-29(24)23(18)15-19)22-7-3-4-8-25(22)32-2/h3-10,13,15,21,24H,11-12,14,16-17H2,1-2H3,(H,27,30)/t21-,24-/m0/s1. The van der Waals surface area contributed by atoms with Crippen LogP contribution in [0, 0.1) is 5.92 Å². The number of rotatable bonds is 6. The van der Waals surface area contributed by atoms with E-state index in [-0.39, 0.29) is 17.9 Å². The van der Waals surface area contributed by atoms with Crippen molar-refractivity contribution in [2.45, 2.75) is 19.0 Å². The maximum absolute atomic E-state index is 13.4. The first-order chi connectivity index (χ1) is 16.2. The van der Waals surface area contributed by atoms with Crippen LogP contribution >= 0.6 is 0 Å². The Labute approximate surface area is 193 Å². The molecule has 0 aliphatic carbocycles. The lowest BCUT2D eigenvalue weighted by molar-refractivity contribution is -0.126. The van der Waals surface area contributed by atoms with E-state index in [1.54, 1.807) is 20.5 Å². The maximum Gasteiger partial charge on any atom is 0.225 e. The Morgan fingerprint density at radius 3 is 2.73 bits per heavy atom. The van der Waals surface area contributed by atoms with E-state index < -0.39 is 0 Å². The van der Waals surface area contributed by atoms with Crippen LogP contribution in [0.3, 0.4) is 0 Å². The fraction of sp³-hybridized carbons (Fsp3) is 0.346. The summed E-state index contributed by atoms with van der Waals surface area (Å²) in [5.74, 6) is 2.30. The van der Waals surface area contributed by atoms with Gasteiger partial charge >= 0.3 is 0 Å². The van der Waals surface area contributed by atoms with Gasteiger partial charge in [0.1, 0.15) is 17.3 Å². The molecule has 1 N–H and O–H groups in total. The van der Waals surface area contributed by atoms with Gasteiger partial charge in [-0.15, -0.1) is 0 Å². The van der Waals surface area contributed by atoms with E-state index >= 15 is 0 Å². The summed E-state index contributed by atoms with van der Waals surface area (Å²) in [6.07, 6.45) is 2.31. The zero-order chi connectivity index (χ0) is 22.8. The lowest BCUT2D eigenvalue weighted by Crippen LogP contribution is -2.61. The minimum Gasteiger partial charge on any atom is -0.497 e. The van der Waals surface area contributed by atoms with Crippen molar-refractivity contribution in [1.29, 1.82) is 0 Å². The van der Waals surface area contributed by atoms with Gasteiger partial charge in [-0.25, -0.2) is 0 Å². The summed E-state index contributed by atoms with van der Waals surface area (Å²) < 4.78 is 16.5. The van der Waals surface area contributed by atoms with E-state index in [4.69, 9.17) is 13.9 Å². The topological polar surface area (TPSA) is 67.2 Å². The number of nitrogens with one attached hydrogen (secondary N) is 1. The number of hydrogen-bond acceptors (Lipinski definition) is 6. The third-order valence-electron chi connectivity index (χ3n) is 6.70. The summed E-state index contributed by atoms with van der Waals surface area (Å²) in [5.41, 5.74) is 3.40. The number of anilines is 2. The van der Waals surface area contributed by atoms with Gasteiger partial charge in [0.2, 0.25) is 5.91 Å². The number of methoxy groups -OCH3 is 2. The van der Waals surface area contributed by atoms with E-state index in [1.807, 2.05) is 36.4 Å². The van der Waals surface area contributed by atoms with Gasteiger partial charge in [0.05, 0.1) is 44.7 Å². The summed E-state index contributed by atoms with van der Waals surface area (Å²) in [6.45, 7) is 2.77. The summed E-state index contributed by atoms with van der Waals surface area (Å²) in [6, 6.07) is 18.0. The fourth-order valence-corrected chi connectivity index (χ4v) is 5.03. The molecule has 0 saturated carbocycles. The van der Waals surface area contributed by atoms with Gasteiger partial charge in [-0.1, -0.05) is 18.2 Å². The molecular weight excluding hydrogens is 418 g/mol. The molecule has 0 radical (unpaired) electrons. The van der Waals surface area contributed by atoms with E-state index in [0.29, 0.717) is 13.0 Å². The van der Waals surface area contributed by atoms with E-state index in [0.717, 1.165) is 48.3 Å². The number of nitrogens with zero attached hydrogens (tertiary/aromatic N) is 2. The van der Waals surface area contributed by atoms with Crippen LogP contribution in [0.25, 0.3) is 0 Å². The Morgan fingerprint density at radius 1 is 1.06 bits per heavy atom. The number of benzene rings is 2. The SMILES string of the molecule is COc1ccc2c(c1)N1CCN(c3ccccc3OC)C[C@H]1[C@@H](C(=O)NCc1ccco1)C2. The molecular formula is C26H29N3O4. The van der Waals surface area contributed by atoms with Gasteiger partial charge in [-0.05, 0) is 42.3 Å². The molecule has 1 amide bonds. The van der Waals surface area contributed by atoms with Crippen molar-refractivity contribution in [1.82, 2.24) is 5.32 Å². The zero-order valence-corrected chi connectivity index (χ0v) is 19.0. The Hall–Kier alpha value is -3.61. The third-order valence-corrected chi connectivity index (χ3v) is 6.70. The summed E-state index contributed by atoms with van der Waals surface area (Å²) >= 11 is 0. The molecule has 7 nitrogen and oxygen atoms in total. The van der Waals surface area contributed by atoms with Crippen LogP contribution in [-0.4, -0.2) is 45.8 Å². The Bertz CT molecular complexity index is 1110. The van der Waals surface area contributed by atoms with Crippen LogP contribution in [0.2, 0.25) is 0 Å². The Kier molecular flexibility index (Phi) is 5.86. The number of hydrogen-bond donors (Lipinski definition) is 1. The smallest absolute Gasteiger partial charge is 0.225 e. The van der Waals surface area contributed by atoms with Crippen molar-refractivity contribution in [3.05, 3.63) is 72.2 Å². The van der Waals surface area contributed by atoms with Gasteiger partial charge in [0, 0.05) is 31.4 Å². The van der Waals surface area contributed by atoms with Crippen molar-refractivity contribution in [2.75, 3.05) is 43.7 Å². The van der Waals surface area contributed by atoms with Crippen molar-refractivity contribution < 1.29 is 18.7 Å². The molecule has 3 aromatic rings. The van der Waals surface area contributed by atoms with Gasteiger partial charge in [0.25, 0.3) is 0 Å². The van der Waals surface area contributed by atoms with Crippen molar-refractivity contribution >= 4 is 17.3 Å². The zero-order valence-electron chi connectivity index (χ0n) is 19.0. The van der Waals surface area contributed by atoms with Crippen LogP contribution in [0.15, 0.2) is 65.3 Å². The van der Waals surface area contributed by atoms with Crippen LogP contribution in [0.1, 0.15) is 11.3 Å². The second-order valence-corrected chi connectivity index (χ2v) is 8.48. The largest absolute Gasteiger partial charge is 0.497 e. The number of para-hydroxylation sites is 2. The minimum atomic E-state index is -0.182. The molecule has 1 aromatic heterocycles. The average molecular weight is 448 g/mol. The first-order valence-electron chi connectivity index (χ1n) is 11.3. The molecule has 1 saturated heterocycles. The van der Waals surface area contributed by atoms with Crippen LogP contribution in [0.4, 0.5) is 11.4 Å². The van der Waals surface area contributed by atoms with Crippen molar-refractivity contribution in [2.24, 2.45) is 5.92 Å². The second-order valence-electron chi connectivity index (χ2n) is 8.48. The molecule has 1 fully saturated rings. The monoisotopic (exact) mass is 447 g/mol. The predicted octanol–water partition coefficient (Wildman–Crippen LogP) is 3.48. The number of carbonyl (C=O) groups is 1. The highest BCUT2D eigenvalue weighted by molar-refractivity contribution is 5.82. The minimum absolute atomic E-state index is 0.0277. The highest BCUT2D eigenvalue weighted by atomic mass is 16.5. The first kappa shape index (κ1) is 21.2. The van der Waals surface area contributed by atoms with Gasteiger partial charge in [-0.2, -0.15) is 0 Å². The van der Waals surface area contributed by atoms with E-state index in [2.05, 4.69) is 33.3 Å². The average Bonchev–Trinajstić information content (AvgIpc) is 3.40. The van der Waals surface area contributed by atoms with Crippen LogP contribution in [-0.2, 0) is 17.8 Å². The highest BCUT2D eigenvalue weighted by Gasteiger charge is 2.42. The van der Waals surface area contributed by atoms with Gasteiger partial charge < -0.3 is 29.0 Å². The second kappa shape index (κ2) is 9.10. The molecule has 5 rings (SSSR count). The van der Waals surface area contributed by atoms with E-state index in [1.165, 1.54) is 5.56 Å². The molecule has 172 valence electrons. The van der Waals surface area contributed by atoms with Gasteiger partial charge in [-0.3, -0.25) is 4.79 Å². The molecule has 2 aromatic carbocycles. The number of fused-ring (bicyclic) bond motifs is 3. The summed E-state index contributed by atoms with van der Waals surface area (Å²) in [4.78, 5) is 18.1. The summed E-state index contributed by atoms with van der Waals surface area (Å²) in [7, 11) is 3.38. The number of amides is 1. The third kappa shape index (κ3) is 4.11. The first-order valence-corrected chi connectivity index (χ1v) is 11.3. The number of ether oxygens (including phenoxy) is 2. The molecule has 2 atom stereocenters. The molecule has 2 aliphatic heterocycles. The fourth-order valence-electron chi connectivity index (χ4n) is 5.03. The lowest BCUT2D eigenvalue weighted by Gasteiger charge is -2.49. The van der Waals surface area contributed by atoms with Gasteiger partial charge in [0.15, 0.2) is 0 Å². The maximum atomic E-state index is 13.4. The normalized spacial score (nSPS) is 19.5. The Morgan fingerprint density at radius 2 is 1.94 bits per heavy atom. The molecule has 7 heteroatoms. The molecule has 0 unspecified atom stereocenters. The number of piperazine rings is 1. The lowest BCUT2D eigenvalue weighted by atomic mass is 9.83. The summed E-state index contributed by atoms with van der Waals surface area (Å²) in [5, 5.41) is 3.09. The molecule has 2 aliphatic rings. The quantitative estimate of drug-likeness (QED) is 0.624. The number of furan rings is 1. The molecule has 3 heterocycles. The number of carbonyl (C=O) groups excluding carboxylic acids is 1. The highest BCUT2D eigenvalue weighted by Crippen LogP contribution is 2.40.